The third-order valence-corrected chi connectivity index (χ3v) is 3.11. The summed E-state index contributed by atoms with van der Waals surface area (Å²) < 4.78 is 0. The molecule has 5 nitrogen and oxygen atoms in total. The van der Waals surface area contributed by atoms with E-state index in [-0.39, 0.29) is 12.5 Å². The molecule has 0 bridgehead atoms. The van der Waals surface area contributed by atoms with Gasteiger partial charge in [0.25, 0.3) is 0 Å². The molecule has 0 heterocycles. The maximum Gasteiger partial charge on any atom is 0.314 e. The molecule has 0 aliphatic carbocycles. The minimum absolute atomic E-state index is 0.157. The third kappa shape index (κ3) is 13.2. The summed E-state index contributed by atoms with van der Waals surface area (Å²) in [5.74, 6) is 0.389. The summed E-state index contributed by atoms with van der Waals surface area (Å²) in [6.07, 6.45) is 6.90. The number of carboxylic acids is 1. The Labute approximate surface area is 113 Å². The van der Waals surface area contributed by atoms with Gasteiger partial charge in [0, 0.05) is 19.5 Å². The van der Waals surface area contributed by atoms with Gasteiger partial charge in [-0.15, -0.1) is 0 Å². The number of aliphatic carboxylic acids is 1. The van der Waals surface area contributed by atoms with Crippen molar-refractivity contribution < 1.29 is 14.7 Å². The average Bonchev–Trinajstić information content (AvgIpc) is 2.33. The summed E-state index contributed by atoms with van der Waals surface area (Å²) in [7, 11) is 0. The molecular formula is C12H24N2O3S. The zero-order chi connectivity index (χ0) is 13.6. The number of carbonyl (C=O) groups is 2. The number of carbonyl (C=O) groups excluding carboxylic acids is 1. The fourth-order valence-corrected chi connectivity index (χ4v) is 1.91. The molecule has 0 radical (unpaired) electrons. The zero-order valence-electron chi connectivity index (χ0n) is 11.0. The fraction of sp³-hybridized carbons (Fsp3) is 0.833. The molecule has 106 valence electrons. The minimum atomic E-state index is -0.787. The summed E-state index contributed by atoms with van der Waals surface area (Å²) in [5, 5.41) is 13.9. The number of thioether (sulfide) groups is 1. The van der Waals surface area contributed by atoms with Crippen LogP contribution in [-0.2, 0) is 4.79 Å². The molecule has 0 unspecified atom stereocenters. The van der Waals surface area contributed by atoms with Crippen LogP contribution < -0.4 is 10.6 Å². The second kappa shape index (κ2) is 12.5. The lowest BCUT2D eigenvalue weighted by molar-refractivity contribution is -0.137. The second-order valence-corrected chi connectivity index (χ2v) is 5.07. The summed E-state index contributed by atoms with van der Waals surface area (Å²) in [6.45, 7) is 1.24. The SMILES string of the molecule is CSCCCCCNC(=O)NCCCCC(=O)O. The third-order valence-electron chi connectivity index (χ3n) is 2.41. The summed E-state index contributed by atoms with van der Waals surface area (Å²) >= 11 is 1.84. The maximum absolute atomic E-state index is 11.3. The van der Waals surface area contributed by atoms with Gasteiger partial charge in [-0.3, -0.25) is 4.79 Å². The molecule has 0 rings (SSSR count). The number of rotatable bonds is 11. The average molecular weight is 276 g/mol. The van der Waals surface area contributed by atoms with Crippen molar-refractivity contribution in [3.8, 4) is 0 Å². The van der Waals surface area contributed by atoms with E-state index in [0.29, 0.717) is 25.9 Å². The first-order valence-corrected chi connectivity index (χ1v) is 7.78. The molecule has 0 saturated carbocycles. The summed E-state index contributed by atoms with van der Waals surface area (Å²) in [6, 6.07) is -0.157. The predicted molar refractivity (Wildman–Crippen MR) is 75.1 cm³/mol. The highest BCUT2D eigenvalue weighted by Gasteiger charge is 2.00. The molecule has 18 heavy (non-hydrogen) atoms. The second-order valence-electron chi connectivity index (χ2n) is 4.09. The highest BCUT2D eigenvalue weighted by molar-refractivity contribution is 7.98. The lowest BCUT2D eigenvalue weighted by atomic mass is 10.2. The van der Waals surface area contributed by atoms with Crippen LogP contribution in [0.3, 0.4) is 0 Å². The monoisotopic (exact) mass is 276 g/mol. The van der Waals surface area contributed by atoms with Crippen LogP contribution in [0.2, 0.25) is 0 Å². The topological polar surface area (TPSA) is 78.4 Å². The minimum Gasteiger partial charge on any atom is -0.481 e. The largest absolute Gasteiger partial charge is 0.481 e. The van der Waals surface area contributed by atoms with Crippen LogP contribution >= 0.6 is 11.8 Å². The van der Waals surface area contributed by atoms with Gasteiger partial charge in [0.1, 0.15) is 0 Å². The van der Waals surface area contributed by atoms with Gasteiger partial charge in [0.2, 0.25) is 0 Å². The quantitative estimate of drug-likeness (QED) is 0.505. The van der Waals surface area contributed by atoms with Gasteiger partial charge in [-0.2, -0.15) is 11.8 Å². The van der Waals surface area contributed by atoms with Crippen LogP contribution in [0.5, 0.6) is 0 Å². The molecular weight excluding hydrogens is 252 g/mol. The number of carboxylic acid groups (broad SMARTS) is 1. The molecule has 0 aromatic rings. The Hall–Kier alpha value is -0.910. The van der Waals surface area contributed by atoms with Gasteiger partial charge < -0.3 is 15.7 Å². The molecule has 0 aromatic heterocycles. The smallest absolute Gasteiger partial charge is 0.314 e. The van der Waals surface area contributed by atoms with Crippen molar-refractivity contribution in [1.82, 2.24) is 10.6 Å². The van der Waals surface area contributed by atoms with Crippen LogP contribution in [0.25, 0.3) is 0 Å². The highest BCUT2D eigenvalue weighted by Crippen LogP contribution is 2.01. The van der Waals surface area contributed by atoms with E-state index in [1.165, 1.54) is 12.2 Å². The van der Waals surface area contributed by atoms with E-state index in [2.05, 4.69) is 16.9 Å². The van der Waals surface area contributed by atoms with Crippen molar-refractivity contribution >= 4 is 23.8 Å². The number of amides is 2. The van der Waals surface area contributed by atoms with Crippen LogP contribution in [0.1, 0.15) is 38.5 Å². The van der Waals surface area contributed by atoms with Crippen molar-refractivity contribution in [2.24, 2.45) is 0 Å². The van der Waals surface area contributed by atoms with Gasteiger partial charge >= 0.3 is 12.0 Å². The Bertz CT molecular complexity index is 237. The van der Waals surface area contributed by atoms with E-state index in [4.69, 9.17) is 5.11 Å². The van der Waals surface area contributed by atoms with Gasteiger partial charge in [0.05, 0.1) is 0 Å². The van der Waals surface area contributed by atoms with Crippen molar-refractivity contribution in [2.45, 2.75) is 38.5 Å². The normalized spacial score (nSPS) is 10.1. The Kier molecular flexibility index (Phi) is 11.9. The zero-order valence-corrected chi connectivity index (χ0v) is 11.9. The molecule has 0 fully saturated rings. The first-order valence-electron chi connectivity index (χ1n) is 6.39. The first-order chi connectivity index (χ1) is 8.66. The lowest BCUT2D eigenvalue weighted by Crippen LogP contribution is -2.36. The number of hydrogen-bond acceptors (Lipinski definition) is 3. The van der Waals surface area contributed by atoms with Crippen LogP contribution in [-0.4, -0.2) is 42.2 Å². The summed E-state index contributed by atoms with van der Waals surface area (Å²) in [5.41, 5.74) is 0. The molecule has 0 aliphatic heterocycles. The Morgan fingerprint density at radius 1 is 1.00 bits per heavy atom. The van der Waals surface area contributed by atoms with Crippen LogP contribution in [0, 0.1) is 0 Å². The van der Waals surface area contributed by atoms with Crippen molar-refractivity contribution in [3.63, 3.8) is 0 Å². The van der Waals surface area contributed by atoms with Crippen LogP contribution in [0.15, 0.2) is 0 Å². The Morgan fingerprint density at radius 2 is 1.61 bits per heavy atom. The number of hydrogen-bond donors (Lipinski definition) is 3. The molecule has 6 heteroatoms. The molecule has 0 atom stereocenters. The Balaban J connectivity index is 3.20. The molecule has 3 N–H and O–H groups in total. The standard InChI is InChI=1S/C12H24N2O3S/c1-18-10-6-2-4-8-13-12(17)14-9-5-3-7-11(15)16/h2-10H2,1H3,(H,15,16)(H2,13,14,17). The molecule has 0 saturated heterocycles. The lowest BCUT2D eigenvalue weighted by Gasteiger charge is -2.07. The van der Waals surface area contributed by atoms with Gasteiger partial charge in [-0.25, -0.2) is 4.79 Å². The highest BCUT2D eigenvalue weighted by atomic mass is 32.2. The van der Waals surface area contributed by atoms with Gasteiger partial charge in [0.15, 0.2) is 0 Å². The molecule has 0 aromatic carbocycles. The van der Waals surface area contributed by atoms with Gasteiger partial charge in [-0.05, 0) is 37.7 Å². The maximum atomic E-state index is 11.3. The van der Waals surface area contributed by atoms with E-state index in [9.17, 15) is 9.59 Å². The van der Waals surface area contributed by atoms with Crippen molar-refractivity contribution in [2.75, 3.05) is 25.1 Å². The number of urea groups is 1. The molecule has 0 spiro atoms. The van der Waals surface area contributed by atoms with E-state index < -0.39 is 5.97 Å². The van der Waals surface area contributed by atoms with E-state index in [1.807, 2.05) is 11.8 Å². The number of unbranched alkanes of at least 4 members (excludes halogenated alkanes) is 3. The molecule has 2 amide bonds. The Morgan fingerprint density at radius 3 is 2.17 bits per heavy atom. The van der Waals surface area contributed by atoms with E-state index in [0.717, 1.165) is 12.8 Å². The summed E-state index contributed by atoms with van der Waals surface area (Å²) in [4.78, 5) is 21.5. The van der Waals surface area contributed by atoms with Crippen LogP contribution in [0.4, 0.5) is 4.79 Å². The number of nitrogens with one attached hydrogen (secondary N) is 2. The van der Waals surface area contributed by atoms with Gasteiger partial charge in [-0.1, -0.05) is 6.42 Å². The molecule has 0 aliphatic rings. The predicted octanol–water partition coefficient (Wildman–Crippen LogP) is 2.07. The van der Waals surface area contributed by atoms with E-state index in [1.54, 1.807) is 0 Å². The van der Waals surface area contributed by atoms with Crippen molar-refractivity contribution in [1.29, 1.82) is 0 Å². The first kappa shape index (κ1) is 17.1. The van der Waals surface area contributed by atoms with Crippen molar-refractivity contribution in [3.05, 3.63) is 0 Å². The fourth-order valence-electron chi connectivity index (χ4n) is 1.42. The van der Waals surface area contributed by atoms with E-state index >= 15 is 0 Å².